The summed E-state index contributed by atoms with van der Waals surface area (Å²) < 4.78 is 1.04. The molecule has 0 aliphatic rings. The molecule has 1 aromatic heterocycles. The van der Waals surface area contributed by atoms with Crippen LogP contribution in [-0.2, 0) is 0 Å². The lowest BCUT2D eigenvalue weighted by Crippen LogP contribution is -1.88. The lowest BCUT2D eigenvalue weighted by molar-refractivity contribution is 0.296. The number of aryl methyl sites for hydroxylation is 1. The van der Waals surface area contributed by atoms with Gasteiger partial charge < -0.3 is 5.11 Å². The zero-order valence-corrected chi connectivity index (χ0v) is 9.86. The quantitative estimate of drug-likeness (QED) is 0.669. The molecule has 0 aromatic carbocycles. The Hall–Kier alpha value is -0.0600. The number of aromatic nitrogens is 1. The number of hydrogen-bond donors (Lipinski definition) is 1. The minimum atomic E-state index is 0.252. The first kappa shape index (κ1) is 11.0. The second-order valence-electron chi connectivity index (χ2n) is 2.70. The Bertz CT molecular complexity index is 280. The minimum absolute atomic E-state index is 0.252. The lowest BCUT2D eigenvalue weighted by atomic mass is 10.3. The molecule has 4 heteroatoms. The van der Waals surface area contributed by atoms with Gasteiger partial charge in [-0.15, -0.1) is 11.8 Å². The van der Waals surface area contributed by atoms with Gasteiger partial charge in [0, 0.05) is 23.0 Å². The highest BCUT2D eigenvalue weighted by Gasteiger charge is 1.98. The van der Waals surface area contributed by atoms with Crippen molar-refractivity contribution in [1.29, 1.82) is 0 Å². The van der Waals surface area contributed by atoms with Crippen molar-refractivity contribution in [3.63, 3.8) is 0 Å². The van der Waals surface area contributed by atoms with Gasteiger partial charge in [0.25, 0.3) is 0 Å². The predicted octanol–water partition coefficient (Wildman–Crippen LogP) is 2.63. The topological polar surface area (TPSA) is 33.1 Å². The molecule has 0 amide bonds. The van der Waals surface area contributed by atoms with Gasteiger partial charge in [-0.05, 0) is 40.9 Å². The molecule has 0 saturated carbocycles. The fraction of sp³-hybridized carbons (Fsp3) is 0.444. The smallest absolute Gasteiger partial charge is 0.0963 e. The van der Waals surface area contributed by atoms with Crippen molar-refractivity contribution in [2.24, 2.45) is 0 Å². The first-order chi connectivity index (χ1) is 6.24. The average Bonchev–Trinajstić information content (AvgIpc) is 2.12. The third-order valence-corrected chi connectivity index (χ3v) is 3.42. The number of aliphatic hydroxyl groups is 1. The van der Waals surface area contributed by atoms with Crippen molar-refractivity contribution in [1.82, 2.24) is 4.98 Å². The molecule has 1 aromatic rings. The van der Waals surface area contributed by atoms with Gasteiger partial charge in [-0.3, -0.25) is 0 Å². The van der Waals surface area contributed by atoms with Crippen LogP contribution in [0.25, 0.3) is 0 Å². The van der Waals surface area contributed by atoms with Crippen molar-refractivity contribution in [3.05, 3.63) is 22.3 Å². The van der Waals surface area contributed by atoms with Crippen LogP contribution in [-0.4, -0.2) is 22.5 Å². The van der Waals surface area contributed by atoms with E-state index in [1.807, 2.05) is 19.2 Å². The standard InChI is InChI=1S/C9H12BrNOS/c1-7-5-9(11-6-8(7)10)13-4-2-3-12/h5-6,12H,2-4H2,1H3. The normalized spacial score (nSPS) is 10.4. The monoisotopic (exact) mass is 261 g/mol. The maximum Gasteiger partial charge on any atom is 0.0963 e. The number of rotatable bonds is 4. The van der Waals surface area contributed by atoms with E-state index in [4.69, 9.17) is 5.11 Å². The predicted molar refractivity (Wildman–Crippen MR) is 59.1 cm³/mol. The van der Waals surface area contributed by atoms with Gasteiger partial charge in [0.1, 0.15) is 0 Å². The van der Waals surface area contributed by atoms with Crippen LogP contribution in [0.1, 0.15) is 12.0 Å². The van der Waals surface area contributed by atoms with Crippen molar-refractivity contribution in [2.45, 2.75) is 18.4 Å². The van der Waals surface area contributed by atoms with E-state index >= 15 is 0 Å². The fourth-order valence-corrected chi connectivity index (χ4v) is 1.92. The van der Waals surface area contributed by atoms with Gasteiger partial charge in [-0.2, -0.15) is 0 Å². The van der Waals surface area contributed by atoms with Crippen molar-refractivity contribution < 1.29 is 5.11 Å². The zero-order valence-electron chi connectivity index (χ0n) is 7.46. The first-order valence-corrected chi connectivity index (χ1v) is 5.87. The van der Waals surface area contributed by atoms with E-state index in [1.165, 1.54) is 5.56 Å². The highest BCUT2D eigenvalue weighted by molar-refractivity contribution is 9.10. The number of nitrogens with zero attached hydrogens (tertiary/aromatic N) is 1. The maximum absolute atomic E-state index is 8.60. The third kappa shape index (κ3) is 3.67. The Balaban J connectivity index is 2.53. The summed E-state index contributed by atoms with van der Waals surface area (Å²) in [5.41, 5.74) is 1.20. The van der Waals surface area contributed by atoms with E-state index in [2.05, 4.69) is 20.9 Å². The van der Waals surface area contributed by atoms with Crippen LogP contribution in [0, 0.1) is 6.92 Å². The third-order valence-electron chi connectivity index (χ3n) is 1.57. The minimum Gasteiger partial charge on any atom is -0.396 e. The Morgan fingerprint density at radius 1 is 1.62 bits per heavy atom. The van der Waals surface area contributed by atoms with E-state index in [-0.39, 0.29) is 6.61 Å². The van der Waals surface area contributed by atoms with Gasteiger partial charge in [0.05, 0.1) is 5.03 Å². The molecule has 0 fully saturated rings. The molecule has 13 heavy (non-hydrogen) atoms. The van der Waals surface area contributed by atoms with Gasteiger partial charge in [0.15, 0.2) is 0 Å². The molecule has 0 unspecified atom stereocenters. The summed E-state index contributed by atoms with van der Waals surface area (Å²) in [4.78, 5) is 4.25. The largest absolute Gasteiger partial charge is 0.396 e. The molecule has 0 saturated heterocycles. The maximum atomic E-state index is 8.60. The Morgan fingerprint density at radius 3 is 3.00 bits per heavy atom. The summed E-state index contributed by atoms with van der Waals surface area (Å²) in [6.45, 7) is 2.30. The summed E-state index contributed by atoms with van der Waals surface area (Å²) in [6.07, 6.45) is 2.64. The molecular weight excluding hydrogens is 250 g/mol. The molecule has 1 rings (SSSR count). The number of pyridine rings is 1. The van der Waals surface area contributed by atoms with Crippen LogP contribution in [0.2, 0.25) is 0 Å². The summed E-state index contributed by atoms with van der Waals surface area (Å²) in [6, 6.07) is 2.05. The number of thioether (sulfide) groups is 1. The first-order valence-electron chi connectivity index (χ1n) is 4.10. The summed E-state index contributed by atoms with van der Waals surface area (Å²) >= 11 is 5.08. The zero-order chi connectivity index (χ0) is 9.68. The molecule has 0 radical (unpaired) electrons. The summed E-state index contributed by atoms with van der Waals surface area (Å²) in [7, 11) is 0. The molecule has 0 aliphatic heterocycles. The average molecular weight is 262 g/mol. The molecule has 2 nitrogen and oxygen atoms in total. The molecule has 0 atom stereocenters. The van der Waals surface area contributed by atoms with E-state index in [9.17, 15) is 0 Å². The van der Waals surface area contributed by atoms with Gasteiger partial charge in [-0.1, -0.05) is 0 Å². The van der Waals surface area contributed by atoms with Gasteiger partial charge in [-0.25, -0.2) is 4.98 Å². The van der Waals surface area contributed by atoms with Crippen LogP contribution in [0.4, 0.5) is 0 Å². The van der Waals surface area contributed by atoms with E-state index < -0.39 is 0 Å². The van der Waals surface area contributed by atoms with Gasteiger partial charge >= 0.3 is 0 Å². The second-order valence-corrected chi connectivity index (χ2v) is 4.67. The molecule has 0 aliphatic carbocycles. The molecule has 1 heterocycles. The Morgan fingerprint density at radius 2 is 2.38 bits per heavy atom. The van der Waals surface area contributed by atoms with Crippen molar-refractivity contribution >= 4 is 27.7 Å². The molecule has 72 valence electrons. The molecule has 1 N–H and O–H groups in total. The van der Waals surface area contributed by atoms with Crippen LogP contribution in [0.3, 0.4) is 0 Å². The molecule has 0 bridgehead atoms. The van der Waals surface area contributed by atoms with Crippen molar-refractivity contribution in [3.8, 4) is 0 Å². The van der Waals surface area contributed by atoms with E-state index in [1.54, 1.807) is 11.8 Å². The van der Waals surface area contributed by atoms with Crippen LogP contribution < -0.4 is 0 Å². The Labute approximate surface area is 90.9 Å². The summed E-state index contributed by atoms with van der Waals surface area (Å²) in [5.74, 6) is 0.921. The number of hydrogen-bond acceptors (Lipinski definition) is 3. The van der Waals surface area contributed by atoms with Crippen LogP contribution in [0.5, 0.6) is 0 Å². The molecule has 0 spiro atoms. The second kappa shape index (κ2) is 5.62. The van der Waals surface area contributed by atoms with Crippen LogP contribution >= 0.6 is 27.7 Å². The SMILES string of the molecule is Cc1cc(SCCCO)ncc1Br. The number of aliphatic hydroxyl groups excluding tert-OH is 1. The Kier molecular flexibility index (Phi) is 4.77. The fourth-order valence-electron chi connectivity index (χ4n) is 0.834. The summed E-state index contributed by atoms with van der Waals surface area (Å²) in [5, 5.41) is 9.62. The lowest BCUT2D eigenvalue weighted by Gasteiger charge is -2.01. The van der Waals surface area contributed by atoms with E-state index in [0.29, 0.717) is 0 Å². The highest BCUT2D eigenvalue weighted by Crippen LogP contribution is 2.21. The van der Waals surface area contributed by atoms with Crippen molar-refractivity contribution in [2.75, 3.05) is 12.4 Å². The van der Waals surface area contributed by atoms with E-state index in [0.717, 1.165) is 21.7 Å². The van der Waals surface area contributed by atoms with Crippen LogP contribution in [0.15, 0.2) is 21.8 Å². The molecular formula is C9H12BrNOS. The van der Waals surface area contributed by atoms with Gasteiger partial charge in [0.2, 0.25) is 0 Å². The number of halogens is 1. The highest BCUT2D eigenvalue weighted by atomic mass is 79.9.